The number of halogens is 2. The van der Waals surface area contributed by atoms with Gasteiger partial charge in [-0.25, -0.2) is 8.78 Å². The van der Waals surface area contributed by atoms with Crippen LogP contribution in [0.4, 0.5) is 8.78 Å². The number of nitrogens with zero attached hydrogens (tertiary/aromatic N) is 1. The summed E-state index contributed by atoms with van der Waals surface area (Å²) in [6.07, 6.45) is 12.1. The van der Waals surface area contributed by atoms with Gasteiger partial charge in [-0.05, 0) is 74.5 Å². The Labute approximate surface area is 131 Å². The highest BCUT2D eigenvalue weighted by Gasteiger charge is 2.19. The normalized spacial score (nSPS) is 21.9. The summed E-state index contributed by atoms with van der Waals surface area (Å²) in [6, 6.07) is 4.17. The molecule has 0 N–H and O–H groups in total. The molecule has 1 aromatic carbocycles. The van der Waals surface area contributed by atoms with Crippen LogP contribution in [0.5, 0.6) is 0 Å². The number of aryl methyl sites for hydroxylation is 1. The van der Waals surface area contributed by atoms with Crippen molar-refractivity contribution in [2.75, 3.05) is 0 Å². The lowest BCUT2D eigenvalue weighted by molar-refractivity contribution is 0.296. The number of hydrogen-bond donors (Lipinski definition) is 0. The molecular weight excluding hydrogens is 280 g/mol. The van der Waals surface area contributed by atoms with E-state index in [1.165, 1.54) is 37.8 Å². The van der Waals surface area contributed by atoms with E-state index in [0.717, 1.165) is 12.8 Å². The van der Waals surface area contributed by atoms with Crippen molar-refractivity contribution in [3.05, 3.63) is 47.0 Å². The first-order valence-corrected chi connectivity index (χ1v) is 8.18. The van der Waals surface area contributed by atoms with Crippen molar-refractivity contribution in [3.8, 4) is 6.07 Å². The fourth-order valence-corrected chi connectivity index (χ4v) is 3.25. The quantitative estimate of drug-likeness (QED) is 0.655. The first kappa shape index (κ1) is 16.7. The van der Waals surface area contributed by atoms with Gasteiger partial charge in [0.2, 0.25) is 0 Å². The Hall–Kier alpha value is -1.69. The van der Waals surface area contributed by atoms with E-state index in [1.807, 2.05) is 0 Å². The average Bonchev–Trinajstić information content (AvgIpc) is 2.51. The summed E-state index contributed by atoms with van der Waals surface area (Å²) in [7, 11) is 0. The minimum absolute atomic E-state index is 0.480. The predicted molar refractivity (Wildman–Crippen MR) is 84.3 cm³/mol. The first-order valence-electron chi connectivity index (χ1n) is 8.18. The number of hydrogen-bond acceptors (Lipinski definition) is 1. The zero-order valence-electron chi connectivity index (χ0n) is 13.1. The molecule has 0 aliphatic heterocycles. The lowest BCUT2D eigenvalue weighted by Crippen LogP contribution is -2.14. The Kier molecular flexibility index (Phi) is 6.12. The van der Waals surface area contributed by atoms with Gasteiger partial charge in [-0.2, -0.15) is 5.26 Å². The van der Waals surface area contributed by atoms with Crippen molar-refractivity contribution in [2.45, 2.75) is 51.9 Å². The zero-order valence-corrected chi connectivity index (χ0v) is 13.1. The SMILES string of the molecule is CC/C=C/C1CCC(CCc2cc(F)c(C#N)c(F)c2)CC1. The molecule has 0 saturated heterocycles. The molecular formula is C19H23F2N. The molecule has 1 aliphatic carbocycles. The van der Waals surface area contributed by atoms with Crippen LogP contribution in [0.15, 0.2) is 24.3 Å². The lowest BCUT2D eigenvalue weighted by atomic mass is 9.79. The van der Waals surface area contributed by atoms with Crippen molar-refractivity contribution < 1.29 is 8.78 Å². The van der Waals surface area contributed by atoms with Gasteiger partial charge in [0.1, 0.15) is 23.3 Å². The van der Waals surface area contributed by atoms with Crippen LogP contribution in [0.2, 0.25) is 0 Å². The molecule has 1 aromatic rings. The van der Waals surface area contributed by atoms with Crippen LogP contribution in [0.25, 0.3) is 0 Å². The van der Waals surface area contributed by atoms with E-state index in [2.05, 4.69) is 19.1 Å². The van der Waals surface area contributed by atoms with Gasteiger partial charge in [0.05, 0.1) is 0 Å². The molecule has 3 heteroatoms. The van der Waals surface area contributed by atoms with Gasteiger partial charge in [-0.1, -0.05) is 19.1 Å². The average molecular weight is 303 g/mol. The third-order valence-electron chi connectivity index (χ3n) is 4.59. The number of allylic oxidation sites excluding steroid dienone is 2. The standard InChI is InChI=1S/C19H23F2N/c1-2-3-4-14-5-7-15(8-6-14)9-10-16-11-18(20)17(13-22)19(21)12-16/h3-4,11-12,14-15H,2,5-10H2,1H3/b4-3+. The van der Waals surface area contributed by atoms with Gasteiger partial charge in [0.15, 0.2) is 0 Å². The van der Waals surface area contributed by atoms with E-state index < -0.39 is 17.2 Å². The smallest absolute Gasteiger partial charge is 0.144 e. The number of benzene rings is 1. The third-order valence-corrected chi connectivity index (χ3v) is 4.59. The van der Waals surface area contributed by atoms with Crippen molar-refractivity contribution in [1.82, 2.24) is 0 Å². The molecule has 22 heavy (non-hydrogen) atoms. The maximum atomic E-state index is 13.6. The maximum absolute atomic E-state index is 13.6. The van der Waals surface area contributed by atoms with E-state index >= 15 is 0 Å². The highest BCUT2D eigenvalue weighted by Crippen LogP contribution is 2.32. The van der Waals surface area contributed by atoms with Crippen LogP contribution in [0.1, 0.15) is 56.6 Å². The van der Waals surface area contributed by atoms with Crippen molar-refractivity contribution in [1.29, 1.82) is 5.26 Å². The minimum Gasteiger partial charge on any atom is -0.205 e. The molecule has 0 radical (unpaired) electrons. The Bertz CT molecular complexity index is 540. The van der Waals surface area contributed by atoms with Crippen molar-refractivity contribution in [2.24, 2.45) is 11.8 Å². The summed E-state index contributed by atoms with van der Waals surface area (Å²) in [5.74, 6) is -0.133. The molecule has 118 valence electrons. The van der Waals surface area contributed by atoms with Crippen LogP contribution < -0.4 is 0 Å². The maximum Gasteiger partial charge on any atom is 0.144 e. The van der Waals surface area contributed by atoms with Gasteiger partial charge in [0, 0.05) is 0 Å². The summed E-state index contributed by atoms with van der Waals surface area (Å²) in [5, 5.41) is 8.67. The molecule has 1 fully saturated rings. The fraction of sp³-hybridized carbons (Fsp3) is 0.526. The van der Waals surface area contributed by atoms with Gasteiger partial charge in [0.25, 0.3) is 0 Å². The molecule has 0 unspecified atom stereocenters. The van der Waals surface area contributed by atoms with Crippen LogP contribution in [0.3, 0.4) is 0 Å². The summed E-state index contributed by atoms with van der Waals surface area (Å²) < 4.78 is 27.2. The summed E-state index contributed by atoms with van der Waals surface area (Å²) in [6.45, 7) is 2.15. The number of nitriles is 1. The Morgan fingerprint density at radius 2 is 1.82 bits per heavy atom. The lowest BCUT2D eigenvalue weighted by Gasteiger charge is -2.26. The predicted octanol–water partition coefficient (Wildman–Crippen LogP) is 5.54. The molecule has 0 aromatic heterocycles. The highest BCUT2D eigenvalue weighted by molar-refractivity contribution is 5.35. The highest BCUT2D eigenvalue weighted by atomic mass is 19.1. The molecule has 1 saturated carbocycles. The van der Waals surface area contributed by atoms with Crippen LogP contribution in [-0.2, 0) is 6.42 Å². The Morgan fingerprint density at radius 3 is 2.36 bits per heavy atom. The second-order valence-electron chi connectivity index (χ2n) is 6.20. The molecule has 1 aliphatic rings. The number of rotatable bonds is 5. The van der Waals surface area contributed by atoms with E-state index in [0.29, 0.717) is 23.8 Å². The monoisotopic (exact) mass is 303 g/mol. The minimum atomic E-state index is -0.745. The van der Waals surface area contributed by atoms with E-state index in [9.17, 15) is 8.78 Å². The van der Waals surface area contributed by atoms with Gasteiger partial charge in [-0.3, -0.25) is 0 Å². The molecule has 0 amide bonds. The molecule has 1 nitrogen and oxygen atoms in total. The van der Waals surface area contributed by atoms with Gasteiger partial charge >= 0.3 is 0 Å². The van der Waals surface area contributed by atoms with E-state index in [4.69, 9.17) is 5.26 Å². The summed E-state index contributed by atoms with van der Waals surface area (Å²) >= 11 is 0. The van der Waals surface area contributed by atoms with Crippen LogP contribution in [0, 0.1) is 34.8 Å². The van der Waals surface area contributed by atoms with Crippen molar-refractivity contribution >= 4 is 0 Å². The molecule has 2 rings (SSSR count). The molecule has 0 atom stereocenters. The van der Waals surface area contributed by atoms with Gasteiger partial charge in [-0.15, -0.1) is 0 Å². The van der Waals surface area contributed by atoms with Crippen molar-refractivity contribution in [3.63, 3.8) is 0 Å². The van der Waals surface area contributed by atoms with Crippen LogP contribution >= 0.6 is 0 Å². The Morgan fingerprint density at radius 1 is 1.18 bits per heavy atom. The summed E-state index contributed by atoms with van der Waals surface area (Å²) in [5.41, 5.74) is 0.175. The van der Waals surface area contributed by atoms with Gasteiger partial charge < -0.3 is 0 Å². The Balaban J connectivity index is 1.85. The van der Waals surface area contributed by atoms with E-state index in [1.54, 1.807) is 6.07 Å². The third kappa shape index (κ3) is 4.40. The second-order valence-corrected chi connectivity index (χ2v) is 6.20. The summed E-state index contributed by atoms with van der Waals surface area (Å²) in [4.78, 5) is 0. The fourth-order valence-electron chi connectivity index (χ4n) is 3.25. The second kappa shape index (κ2) is 8.08. The first-order chi connectivity index (χ1) is 10.6. The van der Waals surface area contributed by atoms with E-state index in [-0.39, 0.29) is 0 Å². The molecule has 0 heterocycles. The largest absolute Gasteiger partial charge is 0.205 e. The molecule has 0 spiro atoms. The molecule has 0 bridgehead atoms. The zero-order chi connectivity index (χ0) is 15.9. The topological polar surface area (TPSA) is 23.8 Å². The van der Waals surface area contributed by atoms with Crippen LogP contribution in [-0.4, -0.2) is 0 Å².